The van der Waals surface area contributed by atoms with Crippen LogP contribution in [0.25, 0.3) is 83.6 Å². The molecule has 0 bridgehead atoms. The standard InChI is InChI=1S/C35H23N4O.C22H30GeN.Ir/c1-21-13-17-27(33-30(21)26-18-20-28(38-35(26)40-33)23-9-5-3-6-10-23)34-37-29-19-16-24-15-14-22(2)36-31(24)32(29)39(34)25-11-7-4-8-12-25;1-16(2)12-20-14-22(24-15-21(20)23(3,4)5)19-11-10-17-8-6-7-9-18(17)13-19;/h3-16,18-20H,1-2H3;10,13-16H,6-9,12H2,1-5H3;/q2*-1;. The van der Waals surface area contributed by atoms with Crippen molar-refractivity contribution in [3.05, 3.63) is 168 Å². The number of benzene rings is 5. The first-order chi connectivity index (χ1) is 31.0. The molecule has 327 valence electrons. The molecule has 1 aliphatic rings. The topological polar surface area (TPSA) is 69.6 Å². The maximum Gasteiger partial charge on any atom is 0.216 e. The molecule has 0 fully saturated rings. The summed E-state index contributed by atoms with van der Waals surface area (Å²) in [4.78, 5) is 19.9. The summed E-state index contributed by atoms with van der Waals surface area (Å²) in [6.45, 7) is 8.73. The van der Waals surface area contributed by atoms with Crippen molar-refractivity contribution in [1.82, 2.24) is 24.5 Å². The minimum atomic E-state index is -1.89. The molecule has 5 aromatic carbocycles. The largest absolute Gasteiger partial charge is 0.486 e. The molecule has 0 spiro atoms. The summed E-state index contributed by atoms with van der Waals surface area (Å²) >= 11 is -1.89. The number of hydrogen-bond acceptors (Lipinski definition) is 5. The fraction of sp³-hybridized carbons (Fsp3) is 0.228. The van der Waals surface area contributed by atoms with Gasteiger partial charge in [-0.05, 0) is 43.3 Å². The monoisotopic (exact) mass is 1090 g/mol. The van der Waals surface area contributed by atoms with Crippen molar-refractivity contribution in [2.75, 3.05) is 0 Å². The van der Waals surface area contributed by atoms with Crippen molar-refractivity contribution >= 4 is 61.7 Å². The van der Waals surface area contributed by atoms with E-state index in [-0.39, 0.29) is 20.1 Å². The van der Waals surface area contributed by atoms with Crippen LogP contribution in [0.2, 0.25) is 17.3 Å². The molecule has 5 heterocycles. The first-order valence-electron chi connectivity index (χ1n) is 22.7. The van der Waals surface area contributed by atoms with E-state index in [0.717, 1.165) is 90.0 Å². The molecule has 0 amide bonds. The van der Waals surface area contributed by atoms with Crippen molar-refractivity contribution in [1.29, 1.82) is 0 Å². The summed E-state index contributed by atoms with van der Waals surface area (Å²) in [5.41, 5.74) is 16.7. The van der Waals surface area contributed by atoms with E-state index in [9.17, 15) is 0 Å². The second-order valence-electron chi connectivity index (χ2n) is 18.8. The number of para-hydroxylation sites is 1. The van der Waals surface area contributed by atoms with Crippen molar-refractivity contribution in [2.45, 2.75) is 77.1 Å². The maximum atomic E-state index is 6.56. The second-order valence-corrected chi connectivity index (χ2v) is 29.4. The molecule has 0 atom stereocenters. The number of aromatic nitrogens is 5. The van der Waals surface area contributed by atoms with Gasteiger partial charge in [-0.25, -0.2) is 4.98 Å². The average Bonchev–Trinajstić information content (AvgIpc) is 3.89. The van der Waals surface area contributed by atoms with Gasteiger partial charge >= 0.3 is 150 Å². The summed E-state index contributed by atoms with van der Waals surface area (Å²) in [5, 5.41) is 3.08. The zero-order chi connectivity index (χ0) is 44.1. The predicted molar refractivity (Wildman–Crippen MR) is 267 cm³/mol. The number of aryl methyl sites for hydroxylation is 4. The Hall–Kier alpha value is -5.73. The van der Waals surface area contributed by atoms with Gasteiger partial charge in [0.2, 0.25) is 5.71 Å². The van der Waals surface area contributed by atoms with E-state index in [1.54, 1.807) is 4.40 Å². The minimum Gasteiger partial charge on any atom is -0.486 e. The first-order valence-corrected chi connectivity index (χ1v) is 30.0. The number of fused-ring (bicyclic) bond motifs is 7. The summed E-state index contributed by atoms with van der Waals surface area (Å²) < 4.78 is 10.3. The van der Waals surface area contributed by atoms with E-state index < -0.39 is 13.3 Å². The van der Waals surface area contributed by atoms with E-state index in [0.29, 0.717) is 11.6 Å². The minimum absolute atomic E-state index is 0. The van der Waals surface area contributed by atoms with Gasteiger partial charge < -0.3 is 8.98 Å². The van der Waals surface area contributed by atoms with Gasteiger partial charge in [-0.2, -0.15) is 0 Å². The third-order valence-corrected chi connectivity index (χ3v) is 16.8. The Morgan fingerprint density at radius 1 is 0.754 bits per heavy atom. The Morgan fingerprint density at radius 2 is 1.49 bits per heavy atom. The molecule has 10 aromatic rings. The van der Waals surface area contributed by atoms with Gasteiger partial charge in [0.1, 0.15) is 0 Å². The van der Waals surface area contributed by atoms with Gasteiger partial charge in [0, 0.05) is 47.8 Å². The van der Waals surface area contributed by atoms with Gasteiger partial charge in [0.25, 0.3) is 0 Å². The molecular weight excluding hydrogens is 1040 g/mol. The molecule has 1 radical (unpaired) electrons. The molecule has 0 N–H and O–H groups in total. The van der Waals surface area contributed by atoms with Crippen LogP contribution in [0.4, 0.5) is 0 Å². The van der Waals surface area contributed by atoms with Gasteiger partial charge in [0.05, 0.1) is 33.7 Å². The molecule has 11 rings (SSSR count). The summed E-state index contributed by atoms with van der Waals surface area (Å²) in [6, 6.07) is 48.9. The third kappa shape index (κ3) is 8.74. The molecular formula is C57H53GeIrN5O-2. The second kappa shape index (κ2) is 18.3. The average molecular weight is 1090 g/mol. The van der Waals surface area contributed by atoms with Crippen LogP contribution >= 0.6 is 0 Å². The van der Waals surface area contributed by atoms with Crippen molar-refractivity contribution < 1.29 is 24.5 Å². The molecule has 1 aliphatic carbocycles. The Bertz CT molecular complexity index is 3350. The SMILES string of the molecule is CC(C)Cc1cc(-c2[c-]cc3c(c2)CCCC3)nc[c]1[Ge]([CH3])([CH3])[CH3].Cc1ccc2ccc3nc(-c4[c-]cc(C)c5c4oc4nc(-c6ccccc6)ccc45)n(-c4ccccc4)c3c2n1.[Ir]. The molecule has 6 nitrogen and oxygen atoms in total. The number of nitrogens with zero attached hydrogens (tertiary/aromatic N) is 5. The van der Waals surface area contributed by atoms with Crippen molar-refractivity contribution in [3.63, 3.8) is 0 Å². The van der Waals surface area contributed by atoms with E-state index in [2.05, 4.69) is 134 Å². The van der Waals surface area contributed by atoms with Crippen LogP contribution in [0.3, 0.4) is 0 Å². The number of furan rings is 1. The van der Waals surface area contributed by atoms with Crippen LogP contribution < -0.4 is 4.40 Å². The molecule has 0 saturated carbocycles. The summed E-state index contributed by atoms with van der Waals surface area (Å²) in [7, 11) is 0. The summed E-state index contributed by atoms with van der Waals surface area (Å²) in [6.07, 6.45) is 8.40. The van der Waals surface area contributed by atoms with Crippen LogP contribution in [-0.4, -0.2) is 37.8 Å². The quantitative estimate of drug-likeness (QED) is 0.117. The Balaban J connectivity index is 0.000000184. The van der Waals surface area contributed by atoms with Gasteiger partial charge in [-0.15, -0.1) is 17.7 Å². The van der Waals surface area contributed by atoms with E-state index in [4.69, 9.17) is 24.4 Å². The molecule has 0 unspecified atom stereocenters. The fourth-order valence-electron chi connectivity index (χ4n) is 9.38. The Morgan fingerprint density at radius 3 is 2.25 bits per heavy atom. The fourth-order valence-corrected chi connectivity index (χ4v) is 12.7. The van der Waals surface area contributed by atoms with Crippen LogP contribution in [0, 0.1) is 31.9 Å². The molecule has 5 aromatic heterocycles. The number of imidazole rings is 1. The first kappa shape index (κ1) is 44.5. The van der Waals surface area contributed by atoms with Crippen LogP contribution in [0.1, 0.15) is 54.6 Å². The molecule has 0 saturated heterocycles. The Kier molecular flexibility index (Phi) is 12.5. The molecule has 65 heavy (non-hydrogen) atoms. The van der Waals surface area contributed by atoms with Crippen molar-refractivity contribution in [3.8, 4) is 39.6 Å². The van der Waals surface area contributed by atoms with Gasteiger partial charge in [0.15, 0.2) is 0 Å². The zero-order valence-corrected chi connectivity index (χ0v) is 42.7. The van der Waals surface area contributed by atoms with Crippen molar-refractivity contribution in [2.24, 2.45) is 5.92 Å². The normalized spacial score (nSPS) is 12.7. The van der Waals surface area contributed by atoms with Crippen LogP contribution in [0.5, 0.6) is 0 Å². The van der Waals surface area contributed by atoms with E-state index >= 15 is 0 Å². The zero-order valence-electron chi connectivity index (χ0n) is 38.2. The maximum absolute atomic E-state index is 6.56. The van der Waals surface area contributed by atoms with Crippen LogP contribution in [0.15, 0.2) is 132 Å². The third-order valence-electron chi connectivity index (χ3n) is 12.5. The van der Waals surface area contributed by atoms with Gasteiger partial charge in [-0.3, -0.25) is 9.97 Å². The predicted octanol–water partition coefficient (Wildman–Crippen LogP) is 13.8. The number of pyridine rings is 3. The van der Waals surface area contributed by atoms with Gasteiger partial charge in [-0.1, -0.05) is 78.5 Å². The Labute approximate surface area is 398 Å². The smallest absolute Gasteiger partial charge is 0.216 e. The number of rotatable bonds is 7. The molecule has 0 aliphatic heterocycles. The van der Waals surface area contributed by atoms with E-state index in [1.165, 1.54) is 47.9 Å². The molecule has 8 heteroatoms. The van der Waals surface area contributed by atoms with Crippen LogP contribution in [-0.2, 0) is 39.4 Å². The summed E-state index contributed by atoms with van der Waals surface area (Å²) in [5.74, 6) is 8.82. The van der Waals surface area contributed by atoms with E-state index in [1.807, 2.05) is 55.5 Å². The number of hydrogen-bond donors (Lipinski definition) is 0.